The van der Waals surface area contributed by atoms with Crippen molar-refractivity contribution in [2.75, 3.05) is 21.3 Å². The number of pyridine rings is 1. The van der Waals surface area contributed by atoms with Gasteiger partial charge in [-0.05, 0) is 48.2 Å². The first kappa shape index (κ1) is 18.3. The van der Waals surface area contributed by atoms with Gasteiger partial charge >= 0.3 is 0 Å². The molecular weight excluding hydrogens is 374 g/mol. The maximum atomic E-state index is 12.6. The zero-order chi connectivity index (χ0) is 18.7. The number of hydrogen-bond donors (Lipinski definition) is 0. The van der Waals surface area contributed by atoms with Gasteiger partial charge in [-0.3, -0.25) is 9.69 Å². The third kappa shape index (κ3) is 3.68. The number of carbonyl (C=O) groups is 1. The Kier molecular flexibility index (Phi) is 5.49. The van der Waals surface area contributed by atoms with Crippen LogP contribution >= 0.6 is 23.4 Å². The minimum absolute atomic E-state index is 0.154. The van der Waals surface area contributed by atoms with Gasteiger partial charge in [0.25, 0.3) is 5.91 Å². The second kappa shape index (κ2) is 7.80. The molecule has 2 aromatic rings. The standard InChI is InChI=1S/C18H16ClN3O3S/c1-22-17(23)15(10-11-9-12(24-2)6-7-14(11)25-3)26-18(22)21-13-5-4-8-20-16(13)19/h4-10H,1-3H3/b15-10-,21-18?. The van der Waals surface area contributed by atoms with E-state index >= 15 is 0 Å². The van der Waals surface area contributed by atoms with Crippen molar-refractivity contribution in [1.29, 1.82) is 0 Å². The highest BCUT2D eigenvalue weighted by molar-refractivity contribution is 8.18. The monoisotopic (exact) mass is 389 g/mol. The lowest BCUT2D eigenvalue weighted by molar-refractivity contribution is -0.121. The lowest BCUT2D eigenvalue weighted by Crippen LogP contribution is -2.23. The van der Waals surface area contributed by atoms with Crippen molar-refractivity contribution in [2.45, 2.75) is 0 Å². The molecule has 1 aromatic heterocycles. The van der Waals surface area contributed by atoms with Crippen molar-refractivity contribution < 1.29 is 14.3 Å². The molecular formula is C18H16ClN3O3S. The molecule has 0 N–H and O–H groups in total. The summed E-state index contributed by atoms with van der Waals surface area (Å²) in [5, 5.41) is 0.811. The zero-order valence-corrected chi connectivity index (χ0v) is 16.0. The van der Waals surface area contributed by atoms with E-state index in [2.05, 4.69) is 9.98 Å². The molecule has 6 nitrogen and oxygen atoms in total. The van der Waals surface area contributed by atoms with Crippen LogP contribution in [0.4, 0.5) is 5.69 Å². The molecule has 1 fully saturated rings. The Balaban J connectivity index is 1.97. The van der Waals surface area contributed by atoms with Crippen LogP contribution in [0.15, 0.2) is 46.4 Å². The molecule has 26 heavy (non-hydrogen) atoms. The van der Waals surface area contributed by atoms with Crippen LogP contribution in [0, 0.1) is 0 Å². The smallest absolute Gasteiger partial charge is 0.266 e. The van der Waals surface area contributed by atoms with Gasteiger partial charge in [-0.1, -0.05) is 11.6 Å². The summed E-state index contributed by atoms with van der Waals surface area (Å²) in [6.45, 7) is 0. The first-order chi connectivity index (χ1) is 12.5. The van der Waals surface area contributed by atoms with Crippen molar-refractivity contribution in [2.24, 2.45) is 4.99 Å². The average Bonchev–Trinajstić information content (AvgIpc) is 2.91. The Morgan fingerprint density at radius 3 is 2.77 bits per heavy atom. The summed E-state index contributed by atoms with van der Waals surface area (Å²) >= 11 is 7.31. The summed E-state index contributed by atoms with van der Waals surface area (Å²) < 4.78 is 10.6. The number of aromatic nitrogens is 1. The van der Waals surface area contributed by atoms with Crippen LogP contribution in [-0.2, 0) is 4.79 Å². The largest absolute Gasteiger partial charge is 0.497 e. The fourth-order valence-electron chi connectivity index (χ4n) is 2.31. The summed E-state index contributed by atoms with van der Waals surface area (Å²) in [6, 6.07) is 8.89. The normalized spacial score (nSPS) is 17.2. The van der Waals surface area contributed by atoms with E-state index in [0.29, 0.717) is 27.3 Å². The quantitative estimate of drug-likeness (QED) is 0.584. The molecule has 0 atom stereocenters. The Bertz CT molecular complexity index is 914. The van der Waals surface area contributed by atoms with E-state index < -0.39 is 0 Å². The van der Waals surface area contributed by atoms with Gasteiger partial charge in [-0.25, -0.2) is 9.98 Å². The molecule has 0 bridgehead atoms. The molecule has 0 aliphatic carbocycles. The number of nitrogens with zero attached hydrogens (tertiary/aromatic N) is 3. The van der Waals surface area contributed by atoms with E-state index in [4.69, 9.17) is 21.1 Å². The summed E-state index contributed by atoms with van der Waals surface area (Å²) in [6.07, 6.45) is 3.35. The molecule has 3 rings (SSSR count). The van der Waals surface area contributed by atoms with Crippen LogP contribution < -0.4 is 9.47 Å². The van der Waals surface area contributed by atoms with Gasteiger partial charge in [0.1, 0.15) is 17.2 Å². The molecule has 8 heteroatoms. The van der Waals surface area contributed by atoms with Crippen LogP contribution in [0.3, 0.4) is 0 Å². The lowest BCUT2D eigenvalue weighted by Gasteiger charge is -2.08. The number of amidine groups is 1. The summed E-state index contributed by atoms with van der Waals surface area (Å²) in [5.41, 5.74) is 1.26. The van der Waals surface area contributed by atoms with Crippen LogP contribution in [0.1, 0.15) is 5.56 Å². The Labute approximate surface area is 160 Å². The molecule has 2 heterocycles. The number of amides is 1. The molecule has 0 saturated carbocycles. The number of aliphatic imine (C=N–C) groups is 1. The van der Waals surface area contributed by atoms with E-state index in [-0.39, 0.29) is 11.1 Å². The van der Waals surface area contributed by atoms with Gasteiger partial charge < -0.3 is 9.47 Å². The van der Waals surface area contributed by atoms with Gasteiger partial charge in [0.05, 0.1) is 19.1 Å². The molecule has 0 radical (unpaired) electrons. The summed E-state index contributed by atoms with van der Waals surface area (Å²) in [7, 11) is 4.84. The molecule has 0 spiro atoms. The number of likely N-dealkylation sites (N-methyl/N-ethyl adjacent to an activating group) is 1. The lowest BCUT2D eigenvalue weighted by atomic mass is 10.1. The maximum absolute atomic E-state index is 12.6. The second-order valence-electron chi connectivity index (χ2n) is 5.29. The number of hydrogen-bond acceptors (Lipinski definition) is 6. The average molecular weight is 390 g/mol. The van der Waals surface area contributed by atoms with Crippen molar-refractivity contribution in [3.8, 4) is 11.5 Å². The highest BCUT2D eigenvalue weighted by atomic mass is 35.5. The van der Waals surface area contributed by atoms with E-state index in [1.165, 1.54) is 16.7 Å². The molecule has 1 aliphatic rings. The Hall–Kier alpha value is -2.51. The third-order valence-electron chi connectivity index (χ3n) is 3.68. The predicted molar refractivity (Wildman–Crippen MR) is 104 cm³/mol. The number of halogens is 1. The molecule has 0 unspecified atom stereocenters. The van der Waals surface area contributed by atoms with E-state index in [1.54, 1.807) is 57.8 Å². The Morgan fingerprint density at radius 1 is 1.27 bits per heavy atom. The number of ether oxygens (including phenoxy) is 2. The van der Waals surface area contributed by atoms with E-state index in [1.807, 2.05) is 6.07 Å². The van der Waals surface area contributed by atoms with Crippen molar-refractivity contribution in [1.82, 2.24) is 9.88 Å². The van der Waals surface area contributed by atoms with Gasteiger partial charge in [-0.15, -0.1) is 0 Å². The number of carbonyl (C=O) groups excluding carboxylic acids is 1. The minimum atomic E-state index is -0.154. The van der Waals surface area contributed by atoms with Crippen molar-refractivity contribution in [3.05, 3.63) is 52.2 Å². The predicted octanol–water partition coefficient (Wildman–Crippen LogP) is 3.99. The topological polar surface area (TPSA) is 64.0 Å². The highest BCUT2D eigenvalue weighted by Gasteiger charge is 2.30. The van der Waals surface area contributed by atoms with Crippen LogP contribution in [0.5, 0.6) is 11.5 Å². The molecule has 1 aliphatic heterocycles. The number of thioether (sulfide) groups is 1. The second-order valence-corrected chi connectivity index (χ2v) is 6.66. The zero-order valence-electron chi connectivity index (χ0n) is 14.4. The number of rotatable bonds is 4. The van der Waals surface area contributed by atoms with E-state index in [9.17, 15) is 4.79 Å². The highest BCUT2D eigenvalue weighted by Crippen LogP contribution is 2.36. The number of methoxy groups -OCH3 is 2. The SMILES string of the molecule is COc1ccc(OC)c(/C=C2\SC(=Nc3cccnc3Cl)N(C)C2=O)c1. The van der Waals surface area contributed by atoms with Gasteiger partial charge in [0.2, 0.25) is 0 Å². The van der Waals surface area contributed by atoms with Gasteiger partial charge in [0, 0.05) is 18.8 Å². The van der Waals surface area contributed by atoms with Crippen molar-refractivity contribution >= 4 is 46.2 Å². The van der Waals surface area contributed by atoms with Crippen molar-refractivity contribution in [3.63, 3.8) is 0 Å². The molecule has 1 aromatic carbocycles. The summed E-state index contributed by atoms with van der Waals surface area (Å²) in [4.78, 5) is 23.0. The fraction of sp³-hybridized carbons (Fsp3) is 0.167. The molecule has 1 saturated heterocycles. The molecule has 134 valence electrons. The number of benzene rings is 1. The minimum Gasteiger partial charge on any atom is -0.497 e. The maximum Gasteiger partial charge on any atom is 0.266 e. The third-order valence-corrected chi connectivity index (χ3v) is 5.03. The molecule has 1 amide bonds. The van der Waals surface area contributed by atoms with Crippen LogP contribution in [0.2, 0.25) is 5.15 Å². The van der Waals surface area contributed by atoms with Gasteiger partial charge in [0.15, 0.2) is 10.3 Å². The summed E-state index contributed by atoms with van der Waals surface area (Å²) in [5.74, 6) is 1.17. The Morgan fingerprint density at radius 2 is 2.08 bits per heavy atom. The van der Waals surface area contributed by atoms with Crippen LogP contribution in [0.25, 0.3) is 6.08 Å². The first-order valence-corrected chi connectivity index (χ1v) is 8.81. The fourth-order valence-corrected chi connectivity index (χ4v) is 3.44. The van der Waals surface area contributed by atoms with E-state index in [0.717, 1.165) is 5.56 Å². The first-order valence-electron chi connectivity index (χ1n) is 7.62. The van der Waals surface area contributed by atoms with Gasteiger partial charge in [-0.2, -0.15) is 0 Å². The van der Waals surface area contributed by atoms with Crippen LogP contribution in [-0.4, -0.2) is 42.2 Å².